The molecule has 0 radical (unpaired) electrons. The number of ether oxygens (including phenoxy) is 1. The maximum absolute atomic E-state index is 10.8. The number of esters is 1. The summed E-state index contributed by atoms with van der Waals surface area (Å²) in [5, 5.41) is 0. The Hall–Kier alpha value is 0.0500. The van der Waals surface area contributed by atoms with Crippen LogP contribution in [0.1, 0.15) is 64.7 Å². The first-order valence-electron chi connectivity index (χ1n) is 6.46. The van der Waals surface area contributed by atoms with Gasteiger partial charge in [0.1, 0.15) is 4.33 Å². The van der Waals surface area contributed by atoms with Gasteiger partial charge in [0.05, 0.1) is 7.11 Å². The van der Waals surface area contributed by atoms with E-state index in [4.69, 9.17) is 23.2 Å². The molecule has 0 aromatic heterocycles. The molecule has 0 saturated carbocycles. The van der Waals surface area contributed by atoms with Crippen LogP contribution >= 0.6 is 23.2 Å². The molecule has 0 atom stereocenters. The molecule has 0 saturated heterocycles. The normalized spacial score (nSPS) is 11.5. The molecular weight excluding hydrogens is 259 g/mol. The average Bonchev–Trinajstić information content (AvgIpc) is 2.27. The molecule has 0 spiro atoms. The van der Waals surface area contributed by atoms with Crippen molar-refractivity contribution in [2.75, 3.05) is 7.11 Å². The number of unbranched alkanes of at least 4 members (excludes halogenated alkanes) is 4. The fraction of sp³-hybridized carbons (Fsp3) is 0.923. The summed E-state index contributed by atoms with van der Waals surface area (Å²) in [7, 11) is 1.43. The van der Waals surface area contributed by atoms with Crippen molar-refractivity contribution in [1.29, 1.82) is 0 Å². The van der Waals surface area contributed by atoms with Crippen LogP contribution in [0.25, 0.3) is 0 Å². The second-order valence-corrected chi connectivity index (χ2v) is 6.09. The lowest BCUT2D eigenvalue weighted by Crippen LogP contribution is -2.11. The van der Waals surface area contributed by atoms with E-state index in [1.165, 1.54) is 7.11 Å². The van der Waals surface area contributed by atoms with Crippen LogP contribution in [-0.2, 0) is 9.53 Å². The molecule has 0 aromatic rings. The maximum atomic E-state index is 10.8. The van der Waals surface area contributed by atoms with Gasteiger partial charge in [-0.15, -0.1) is 23.2 Å². The number of halogens is 2. The minimum Gasteiger partial charge on any atom is -0.469 e. The molecule has 0 rings (SSSR count). The molecule has 0 aromatic carbocycles. The van der Waals surface area contributed by atoms with Gasteiger partial charge < -0.3 is 4.74 Å². The predicted molar refractivity (Wildman–Crippen MR) is 73.7 cm³/mol. The second-order valence-electron chi connectivity index (χ2n) is 4.45. The standard InChI is InChI=1S/C13H24Cl2O2/c1-3-10-13(14,15)11-8-6-4-5-7-9-12(16)17-2/h3-11H2,1-2H3. The first-order valence-corrected chi connectivity index (χ1v) is 7.22. The number of hydrogen-bond donors (Lipinski definition) is 0. The fourth-order valence-corrected chi connectivity index (χ4v) is 2.42. The van der Waals surface area contributed by atoms with E-state index < -0.39 is 4.33 Å². The van der Waals surface area contributed by atoms with Crippen LogP contribution < -0.4 is 0 Å². The summed E-state index contributed by atoms with van der Waals surface area (Å²) >= 11 is 12.3. The third-order valence-corrected chi connectivity index (χ3v) is 3.52. The molecule has 102 valence electrons. The highest BCUT2D eigenvalue weighted by atomic mass is 35.5. The summed E-state index contributed by atoms with van der Waals surface area (Å²) in [6.07, 6.45) is 8.58. The summed E-state index contributed by atoms with van der Waals surface area (Å²) in [6, 6.07) is 0. The minimum atomic E-state index is -0.541. The van der Waals surface area contributed by atoms with Gasteiger partial charge in [0.25, 0.3) is 0 Å². The number of alkyl halides is 2. The highest BCUT2D eigenvalue weighted by Crippen LogP contribution is 2.32. The SMILES string of the molecule is CCCC(Cl)(Cl)CCCCCCCC(=O)OC. The van der Waals surface area contributed by atoms with Crippen LogP contribution in [0, 0.1) is 0 Å². The summed E-state index contributed by atoms with van der Waals surface area (Å²) in [6.45, 7) is 2.09. The Morgan fingerprint density at radius 1 is 1.06 bits per heavy atom. The average molecular weight is 283 g/mol. The maximum Gasteiger partial charge on any atom is 0.305 e. The topological polar surface area (TPSA) is 26.3 Å². The first kappa shape index (κ1) is 17.1. The van der Waals surface area contributed by atoms with Gasteiger partial charge in [-0.25, -0.2) is 0 Å². The molecule has 0 aliphatic rings. The fourth-order valence-electron chi connectivity index (χ4n) is 1.78. The zero-order chi connectivity index (χ0) is 13.1. The molecule has 4 heteroatoms. The van der Waals surface area contributed by atoms with Gasteiger partial charge in [0.15, 0.2) is 0 Å². The van der Waals surface area contributed by atoms with E-state index >= 15 is 0 Å². The summed E-state index contributed by atoms with van der Waals surface area (Å²) in [5.41, 5.74) is 0. The van der Waals surface area contributed by atoms with Gasteiger partial charge in [-0.3, -0.25) is 4.79 Å². The van der Waals surface area contributed by atoms with Crippen molar-refractivity contribution in [3.8, 4) is 0 Å². The van der Waals surface area contributed by atoms with E-state index in [-0.39, 0.29) is 5.97 Å². The molecule has 17 heavy (non-hydrogen) atoms. The van der Waals surface area contributed by atoms with Crippen LogP contribution in [0.15, 0.2) is 0 Å². The Balaban J connectivity index is 3.32. The van der Waals surface area contributed by atoms with Gasteiger partial charge in [-0.05, 0) is 19.3 Å². The highest BCUT2D eigenvalue weighted by molar-refractivity contribution is 6.48. The lowest BCUT2D eigenvalue weighted by atomic mass is 10.1. The van der Waals surface area contributed by atoms with Gasteiger partial charge in [-0.2, -0.15) is 0 Å². The molecule has 0 amide bonds. The number of carbonyl (C=O) groups is 1. The number of carbonyl (C=O) groups excluding carboxylic acids is 1. The molecule has 0 N–H and O–H groups in total. The lowest BCUT2D eigenvalue weighted by molar-refractivity contribution is -0.140. The van der Waals surface area contributed by atoms with E-state index in [1.807, 2.05) is 0 Å². The van der Waals surface area contributed by atoms with E-state index in [9.17, 15) is 4.79 Å². The predicted octanol–water partition coefficient (Wildman–Crippen LogP) is 4.86. The zero-order valence-corrected chi connectivity index (χ0v) is 12.4. The molecule has 0 heterocycles. The Morgan fingerprint density at radius 2 is 1.65 bits per heavy atom. The van der Waals surface area contributed by atoms with Crippen molar-refractivity contribution >= 4 is 29.2 Å². The minimum absolute atomic E-state index is 0.117. The first-order chi connectivity index (χ1) is 8.02. The Kier molecular flexibility index (Phi) is 10.0. The molecule has 0 fully saturated rings. The van der Waals surface area contributed by atoms with E-state index in [0.29, 0.717) is 6.42 Å². The van der Waals surface area contributed by atoms with Crippen LogP contribution in [-0.4, -0.2) is 17.4 Å². The van der Waals surface area contributed by atoms with Crippen molar-refractivity contribution in [2.45, 2.75) is 69.0 Å². The molecule has 2 nitrogen and oxygen atoms in total. The van der Waals surface area contributed by atoms with Crippen molar-refractivity contribution < 1.29 is 9.53 Å². The molecular formula is C13H24Cl2O2. The van der Waals surface area contributed by atoms with E-state index in [1.54, 1.807) is 0 Å². The Morgan fingerprint density at radius 3 is 2.24 bits per heavy atom. The van der Waals surface area contributed by atoms with Gasteiger partial charge >= 0.3 is 5.97 Å². The summed E-state index contributed by atoms with van der Waals surface area (Å²) in [4.78, 5) is 10.8. The van der Waals surface area contributed by atoms with Crippen LogP contribution in [0.2, 0.25) is 0 Å². The van der Waals surface area contributed by atoms with E-state index in [2.05, 4.69) is 11.7 Å². The lowest BCUT2D eigenvalue weighted by Gasteiger charge is -2.18. The van der Waals surface area contributed by atoms with Crippen molar-refractivity contribution in [3.63, 3.8) is 0 Å². The van der Waals surface area contributed by atoms with Crippen LogP contribution in [0.5, 0.6) is 0 Å². The van der Waals surface area contributed by atoms with Gasteiger partial charge in [-0.1, -0.05) is 39.0 Å². The zero-order valence-electron chi connectivity index (χ0n) is 10.9. The number of rotatable bonds is 10. The van der Waals surface area contributed by atoms with Crippen LogP contribution in [0.3, 0.4) is 0 Å². The molecule has 0 bridgehead atoms. The van der Waals surface area contributed by atoms with Gasteiger partial charge in [0, 0.05) is 6.42 Å². The summed E-state index contributed by atoms with van der Waals surface area (Å²) in [5.74, 6) is -0.117. The molecule has 0 unspecified atom stereocenters. The van der Waals surface area contributed by atoms with Crippen molar-refractivity contribution in [2.24, 2.45) is 0 Å². The molecule has 0 aliphatic heterocycles. The highest BCUT2D eigenvalue weighted by Gasteiger charge is 2.21. The smallest absolute Gasteiger partial charge is 0.305 e. The molecule has 0 aliphatic carbocycles. The summed E-state index contributed by atoms with van der Waals surface area (Å²) < 4.78 is 4.03. The van der Waals surface area contributed by atoms with E-state index in [0.717, 1.165) is 51.4 Å². The number of methoxy groups -OCH3 is 1. The Labute approximate surface area is 115 Å². The van der Waals surface area contributed by atoms with Crippen molar-refractivity contribution in [3.05, 3.63) is 0 Å². The number of hydrogen-bond acceptors (Lipinski definition) is 2. The second kappa shape index (κ2) is 10.0. The van der Waals surface area contributed by atoms with Gasteiger partial charge in [0.2, 0.25) is 0 Å². The van der Waals surface area contributed by atoms with Crippen molar-refractivity contribution in [1.82, 2.24) is 0 Å². The van der Waals surface area contributed by atoms with Crippen LogP contribution in [0.4, 0.5) is 0 Å². The monoisotopic (exact) mass is 282 g/mol. The Bertz CT molecular complexity index is 206. The third-order valence-electron chi connectivity index (χ3n) is 2.77. The third kappa shape index (κ3) is 10.9. The quantitative estimate of drug-likeness (QED) is 0.325. The largest absolute Gasteiger partial charge is 0.469 e.